The van der Waals surface area contributed by atoms with Crippen LogP contribution in [-0.2, 0) is 11.8 Å². The second-order valence-corrected chi connectivity index (χ2v) is 4.66. The van der Waals surface area contributed by atoms with E-state index in [0.29, 0.717) is 11.4 Å². The molecule has 112 valence electrons. The molecule has 1 heterocycles. The molecule has 0 saturated heterocycles. The Morgan fingerprint density at radius 1 is 1.43 bits per heavy atom. The van der Waals surface area contributed by atoms with Gasteiger partial charge in [-0.25, -0.2) is 4.39 Å². The quantitative estimate of drug-likeness (QED) is 0.902. The van der Waals surface area contributed by atoms with Gasteiger partial charge in [-0.15, -0.1) is 0 Å². The molecule has 0 unspecified atom stereocenters. The van der Waals surface area contributed by atoms with Gasteiger partial charge >= 0.3 is 0 Å². The van der Waals surface area contributed by atoms with Crippen LogP contribution in [0.1, 0.15) is 11.4 Å². The predicted octanol–water partition coefficient (Wildman–Crippen LogP) is 1.90. The minimum Gasteiger partial charge on any atom is -0.508 e. The standard InChI is InChI=1S/C14H16FN3O3/c1-8-14(9(2)18(3)17-8)21-7-13(20)16-11-4-10(15)5-12(19)6-11/h4-6,19H,7H2,1-3H3,(H,16,20). The van der Waals surface area contributed by atoms with Gasteiger partial charge < -0.3 is 15.2 Å². The molecule has 2 aromatic rings. The number of anilines is 1. The van der Waals surface area contributed by atoms with Gasteiger partial charge in [0.2, 0.25) is 0 Å². The number of nitrogens with one attached hydrogen (secondary N) is 1. The normalized spacial score (nSPS) is 10.5. The molecule has 0 aliphatic heterocycles. The number of benzene rings is 1. The van der Waals surface area contributed by atoms with E-state index >= 15 is 0 Å². The molecule has 2 N–H and O–H groups in total. The van der Waals surface area contributed by atoms with E-state index in [-0.39, 0.29) is 18.0 Å². The molecule has 0 spiro atoms. The second-order valence-electron chi connectivity index (χ2n) is 4.66. The molecule has 0 aliphatic rings. The van der Waals surface area contributed by atoms with Crippen molar-refractivity contribution >= 4 is 11.6 Å². The highest BCUT2D eigenvalue weighted by Gasteiger charge is 2.13. The summed E-state index contributed by atoms with van der Waals surface area (Å²) in [4.78, 5) is 11.8. The minimum atomic E-state index is -0.634. The van der Waals surface area contributed by atoms with Crippen molar-refractivity contribution in [2.45, 2.75) is 13.8 Å². The smallest absolute Gasteiger partial charge is 0.262 e. The highest BCUT2D eigenvalue weighted by Crippen LogP contribution is 2.22. The molecule has 1 aromatic heterocycles. The monoisotopic (exact) mass is 293 g/mol. The molecule has 0 fully saturated rings. The number of hydrogen-bond acceptors (Lipinski definition) is 4. The number of rotatable bonds is 4. The van der Waals surface area contributed by atoms with Crippen LogP contribution in [0.5, 0.6) is 11.5 Å². The van der Waals surface area contributed by atoms with E-state index in [1.165, 1.54) is 6.07 Å². The number of phenols is 1. The molecule has 1 amide bonds. The minimum absolute atomic E-state index is 0.167. The van der Waals surface area contributed by atoms with Crippen molar-refractivity contribution < 1.29 is 19.0 Å². The molecule has 0 bridgehead atoms. The topological polar surface area (TPSA) is 76.4 Å². The Labute approximate surface area is 121 Å². The van der Waals surface area contributed by atoms with Crippen LogP contribution in [0.25, 0.3) is 0 Å². The highest BCUT2D eigenvalue weighted by molar-refractivity contribution is 5.92. The van der Waals surface area contributed by atoms with E-state index in [1.54, 1.807) is 18.7 Å². The molecule has 1 aromatic carbocycles. The molecular weight excluding hydrogens is 277 g/mol. The van der Waals surface area contributed by atoms with E-state index in [2.05, 4.69) is 10.4 Å². The Morgan fingerprint density at radius 2 is 2.14 bits per heavy atom. The van der Waals surface area contributed by atoms with Crippen LogP contribution < -0.4 is 10.1 Å². The summed E-state index contributed by atoms with van der Waals surface area (Å²) in [5.41, 5.74) is 1.66. The lowest BCUT2D eigenvalue weighted by atomic mass is 10.3. The molecule has 0 radical (unpaired) electrons. The van der Waals surface area contributed by atoms with Crippen LogP contribution in [-0.4, -0.2) is 27.4 Å². The number of aromatic nitrogens is 2. The Balaban J connectivity index is 1.99. The van der Waals surface area contributed by atoms with Crippen LogP contribution >= 0.6 is 0 Å². The number of amides is 1. The van der Waals surface area contributed by atoms with Gasteiger partial charge in [0.05, 0.1) is 5.69 Å². The van der Waals surface area contributed by atoms with Gasteiger partial charge in [-0.2, -0.15) is 5.10 Å². The summed E-state index contributed by atoms with van der Waals surface area (Å²) in [6.07, 6.45) is 0. The van der Waals surface area contributed by atoms with Crippen molar-refractivity contribution in [2.24, 2.45) is 7.05 Å². The van der Waals surface area contributed by atoms with Gasteiger partial charge in [0.1, 0.15) is 17.3 Å². The second kappa shape index (κ2) is 5.82. The SMILES string of the molecule is Cc1nn(C)c(C)c1OCC(=O)Nc1cc(O)cc(F)c1. The summed E-state index contributed by atoms with van der Waals surface area (Å²) in [6.45, 7) is 3.38. The van der Waals surface area contributed by atoms with Crippen molar-refractivity contribution in [1.82, 2.24) is 9.78 Å². The fraction of sp³-hybridized carbons (Fsp3) is 0.286. The van der Waals surface area contributed by atoms with E-state index in [0.717, 1.165) is 17.8 Å². The van der Waals surface area contributed by atoms with Crippen LogP contribution in [0.3, 0.4) is 0 Å². The number of aromatic hydroxyl groups is 1. The van der Waals surface area contributed by atoms with Gasteiger partial charge in [0.15, 0.2) is 12.4 Å². The molecule has 2 rings (SSSR count). The van der Waals surface area contributed by atoms with Gasteiger partial charge in [-0.05, 0) is 19.9 Å². The average Bonchev–Trinajstić information content (AvgIpc) is 2.60. The number of ether oxygens (including phenoxy) is 1. The first kappa shape index (κ1) is 14.8. The largest absolute Gasteiger partial charge is 0.508 e. The van der Waals surface area contributed by atoms with Crippen LogP contribution in [0.2, 0.25) is 0 Å². The molecule has 0 atom stereocenters. The third-order valence-electron chi connectivity index (χ3n) is 2.96. The lowest BCUT2D eigenvalue weighted by Gasteiger charge is -2.08. The molecule has 21 heavy (non-hydrogen) atoms. The van der Waals surface area contributed by atoms with E-state index in [1.807, 2.05) is 6.92 Å². The van der Waals surface area contributed by atoms with Crippen molar-refractivity contribution in [3.8, 4) is 11.5 Å². The summed E-state index contributed by atoms with van der Waals surface area (Å²) in [5.74, 6) is -0.798. The zero-order chi connectivity index (χ0) is 15.6. The van der Waals surface area contributed by atoms with E-state index in [4.69, 9.17) is 4.74 Å². The summed E-state index contributed by atoms with van der Waals surface area (Å²) >= 11 is 0. The van der Waals surface area contributed by atoms with Crippen LogP contribution in [0, 0.1) is 19.7 Å². The number of aryl methyl sites for hydroxylation is 2. The van der Waals surface area contributed by atoms with Crippen molar-refractivity contribution in [1.29, 1.82) is 0 Å². The van der Waals surface area contributed by atoms with Crippen molar-refractivity contribution in [3.05, 3.63) is 35.4 Å². The number of halogens is 1. The molecule has 0 aliphatic carbocycles. The van der Waals surface area contributed by atoms with Crippen LogP contribution in [0.4, 0.5) is 10.1 Å². The number of hydrogen-bond donors (Lipinski definition) is 2. The Kier molecular flexibility index (Phi) is 4.11. The molecular formula is C14H16FN3O3. The third-order valence-corrected chi connectivity index (χ3v) is 2.96. The van der Waals surface area contributed by atoms with Crippen molar-refractivity contribution in [3.63, 3.8) is 0 Å². The van der Waals surface area contributed by atoms with Gasteiger partial charge in [0.25, 0.3) is 5.91 Å². The molecule has 0 saturated carbocycles. The van der Waals surface area contributed by atoms with Crippen LogP contribution in [0.15, 0.2) is 18.2 Å². The summed E-state index contributed by atoms with van der Waals surface area (Å²) in [5, 5.41) is 15.9. The predicted molar refractivity (Wildman–Crippen MR) is 74.9 cm³/mol. The number of phenolic OH excluding ortho intramolecular Hbond substituents is 1. The third kappa shape index (κ3) is 3.50. The first-order valence-corrected chi connectivity index (χ1v) is 6.29. The maximum Gasteiger partial charge on any atom is 0.262 e. The Morgan fingerprint density at radius 3 is 2.71 bits per heavy atom. The maximum atomic E-state index is 13.1. The first-order valence-electron chi connectivity index (χ1n) is 6.29. The zero-order valence-corrected chi connectivity index (χ0v) is 12.0. The number of carbonyl (C=O) groups is 1. The maximum absolute atomic E-state index is 13.1. The number of nitrogens with zero attached hydrogens (tertiary/aromatic N) is 2. The van der Waals surface area contributed by atoms with Gasteiger partial charge in [-0.1, -0.05) is 0 Å². The summed E-state index contributed by atoms with van der Waals surface area (Å²) < 4.78 is 20.2. The lowest BCUT2D eigenvalue weighted by molar-refractivity contribution is -0.118. The van der Waals surface area contributed by atoms with Gasteiger partial charge in [0, 0.05) is 24.9 Å². The van der Waals surface area contributed by atoms with Gasteiger partial charge in [-0.3, -0.25) is 9.48 Å². The fourth-order valence-corrected chi connectivity index (χ4v) is 1.94. The first-order chi connectivity index (χ1) is 9.86. The van der Waals surface area contributed by atoms with E-state index < -0.39 is 11.7 Å². The summed E-state index contributed by atoms with van der Waals surface area (Å²) in [7, 11) is 1.78. The fourth-order valence-electron chi connectivity index (χ4n) is 1.94. The van der Waals surface area contributed by atoms with E-state index in [9.17, 15) is 14.3 Å². The Hall–Kier alpha value is -2.57. The zero-order valence-electron chi connectivity index (χ0n) is 12.0. The lowest BCUT2D eigenvalue weighted by Crippen LogP contribution is -2.20. The highest BCUT2D eigenvalue weighted by atomic mass is 19.1. The van der Waals surface area contributed by atoms with Crippen molar-refractivity contribution in [2.75, 3.05) is 11.9 Å². The summed E-state index contributed by atoms with van der Waals surface area (Å²) in [6, 6.07) is 3.31. The average molecular weight is 293 g/mol. The Bertz CT molecular complexity index is 662. The number of carbonyl (C=O) groups excluding carboxylic acids is 1. The molecule has 6 nitrogen and oxygen atoms in total. The molecule has 7 heteroatoms.